The van der Waals surface area contributed by atoms with E-state index in [4.69, 9.17) is 0 Å². The predicted molar refractivity (Wildman–Crippen MR) is 112 cm³/mol. The number of benzene rings is 1. The molecule has 1 aliphatic rings. The van der Waals surface area contributed by atoms with Crippen molar-refractivity contribution < 1.29 is 4.79 Å². The molecule has 5 nitrogen and oxygen atoms in total. The lowest BCUT2D eigenvalue weighted by molar-refractivity contribution is 0.0767. The Labute approximate surface area is 162 Å². The summed E-state index contributed by atoms with van der Waals surface area (Å²) in [6.07, 6.45) is 4.26. The molecule has 1 aromatic carbocycles. The zero-order valence-corrected chi connectivity index (χ0v) is 16.6. The van der Waals surface area contributed by atoms with Crippen LogP contribution in [0.2, 0.25) is 0 Å². The molecule has 2 aromatic rings. The molecule has 0 atom stereocenters. The highest BCUT2D eigenvalue weighted by molar-refractivity contribution is 5.92. The molecule has 0 saturated carbocycles. The second-order valence-electron chi connectivity index (χ2n) is 7.25. The fourth-order valence-corrected chi connectivity index (χ4v) is 3.46. The average molecular weight is 367 g/mol. The molecule has 1 saturated heterocycles. The van der Waals surface area contributed by atoms with Gasteiger partial charge in [0.1, 0.15) is 5.69 Å². The first kappa shape index (κ1) is 19.2. The molecule has 5 heteroatoms. The number of anilines is 3. The van der Waals surface area contributed by atoms with Crippen molar-refractivity contribution in [3.8, 4) is 0 Å². The van der Waals surface area contributed by atoms with Gasteiger partial charge >= 0.3 is 0 Å². The van der Waals surface area contributed by atoms with Crippen molar-refractivity contribution in [1.82, 2.24) is 9.88 Å². The van der Waals surface area contributed by atoms with Crippen molar-refractivity contribution in [3.05, 3.63) is 48.3 Å². The molecule has 0 aliphatic carbocycles. The minimum Gasteiger partial charge on any atom is -0.372 e. The van der Waals surface area contributed by atoms with Crippen LogP contribution in [-0.4, -0.2) is 42.0 Å². The van der Waals surface area contributed by atoms with Crippen molar-refractivity contribution in [2.24, 2.45) is 5.92 Å². The van der Waals surface area contributed by atoms with Crippen molar-refractivity contribution in [2.75, 3.05) is 36.4 Å². The lowest BCUT2D eigenvalue weighted by Crippen LogP contribution is -2.32. The summed E-state index contributed by atoms with van der Waals surface area (Å²) in [6.45, 7) is 9.95. The standard InChI is InChI=1S/C22H30N4O/c1-4-25(5-2)22(27)21-11-8-19(16-23-21)24-18-6-9-20(10-7-18)26-14-12-17(3)13-15-26/h6-11,16-17,24H,4-5,12-15H2,1-3H3. The summed E-state index contributed by atoms with van der Waals surface area (Å²) >= 11 is 0. The molecular formula is C22H30N4O. The van der Waals surface area contributed by atoms with Gasteiger partial charge in [-0.1, -0.05) is 6.92 Å². The lowest BCUT2D eigenvalue weighted by Gasteiger charge is -2.32. The number of piperidine rings is 1. The average Bonchev–Trinajstić information content (AvgIpc) is 2.71. The molecule has 1 amide bonds. The molecule has 1 N–H and O–H groups in total. The van der Waals surface area contributed by atoms with Crippen molar-refractivity contribution in [1.29, 1.82) is 0 Å². The molecule has 0 radical (unpaired) electrons. The predicted octanol–water partition coefficient (Wildman–Crippen LogP) is 4.54. The third-order valence-electron chi connectivity index (χ3n) is 5.34. The third kappa shape index (κ3) is 4.79. The summed E-state index contributed by atoms with van der Waals surface area (Å²) in [4.78, 5) is 20.9. The Morgan fingerprint density at radius 3 is 2.26 bits per heavy atom. The van der Waals surface area contributed by atoms with Gasteiger partial charge in [-0.2, -0.15) is 0 Å². The fraction of sp³-hybridized carbons (Fsp3) is 0.455. The van der Waals surface area contributed by atoms with Crippen LogP contribution < -0.4 is 10.2 Å². The molecular weight excluding hydrogens is 336 g/mol. The van der Waals surface area contributed by atoms with Crippen LogP contribution in [0.25, 0.3) is 0 Å². The zero-order chi connectivity index (χ0) is 19.2. The van der Waals surface area contributed by atoms with Gasteiger partial charge in [0.15, 0.2) is 0 Å². The van der Waals surface area contributed by atoms with E-state index >= 15 is 0 Å². The van der Waals surface area contributed by atoms with Crippen LogP contribution in [0.15, 0.2) is 42.6 Å². The van der Waals surface area contributed by atoms with Crippen LogP contribution in [0, 0.1) is 5.92 Å². The van der Waals surface area contributed by atoms with E-state index < -0.39 is 0 Å². The summed E-state index contributed by atoms with van der Waals surface area (Å²) in [5.41, 5.74) is 3.67. The Bertz CT molecular complexity index is 730. The number of carbonyl (C=O) groups is 1. The van der Waals surface area contributed by atoms with E-state index in [1.807, 2.05) is 19.9 Å². The maximum absolute atomic E-state index is 12.3. The largest absolute Gasteiger partial charge is 0.372 e. The first-order chi connectivity index (χ1) is 13.1. The van der Waals surface area contributed by atoms with E-state index in [-0.39, 0.29) is 5.91 Å². The van der Waals surface area contributed by atoms with E-state index in [2.05, 4.69) is 46.4 Å². The molecule has 27 heavy (non-hydrogen) atoms. The van der Waals surface area contributed by atoms with E-state index in [9.17, 15) is 4.79 Å². The topological polar surface area (TPSA) is 48.5 Å². The Kier molecular flexibility index (Phi) is 6.32. The van der Waals surface area contributed by atoms with Gasteiger partial charge in [0.2, 0.25) is 0 Å². The summed E-state index contributed by atoms with van der Waals surface area (Å²) in [5, 5.41) is 3.36. The number of nitrogens with one attached hydrogen (secondary N) is 1. The fourth-order valence-electron chi connectivity index (χ4n) is 3.46. The molecule has 0 unspecified atom stereocenters. The number of aromatic nitrogens is 1. The molecule has 0 spiro atoms. The molecule has 1 fully saturated rings. The van der Waals surface area contributed by atoms with E-state index in [1.54, 1.807) is 17.2 Å². The number of amides is 1. The number of carbonyl (C=O) groups excluding carboxylic acids is 1. The third-order valence-corrected chi connectivity index (χ3v) is 5.34. The number of rotatable bonds is 6. The van der Waals surface area contributed by atoms with Crippen LogP contribution in [0.3, 0.4) is 0 Å². The number of hydrogen-bond acceptors (Lipinski definition) is 4. The SMILES string of the molecule is CCN(CC)C(=O)c1ccc(Nc2ccc(N3CCC(C)CC3)cc2)cn1. The van der Waals surface area contributed by atoms with Gasteiger partial charge in [-0.25, -0.2) is 4.98 Å². The number of pyridine rings is 1. The molecule has 1 aliphatic heterocycles. The van der Waals surface area contributed by atoms with Crippen molar-refractivity contribution >= 4 is 23.0 Å². The minimum atomic E-state index is -0.0215. The lowest BCUT2D eigenvalue weighted by atomic mass is 9.99. The molecule has 1 aromatic heterocycles. The van der Waals surface area contributed by atoms with Crippen LogP contribution >= 0.6 is 0 Å². The molecule has 2 heterocycles. The first-order valence-corrected chi connectivity index (χ1v) is 9.98. The number of nitrogens with zero attached hydrogens (tertiary/aromatic N) is 3. The van der Waals surface area contributed by atoms with Gasteiger partial charge in [0.05, 0.1) is 11.9 Å². The van der Waals surface area contributed by atoms with Gasteiger partial charge in [-0.05, 0) is 69.0 Å². The van der Waals surface area contributed by atoms with Gasteiger partial charge in [-0.3, -0.25) is 4.79 Å². The second-order valence-corrected chi connectivity index (χ2v) is 7.25. The van der Waals surface area contributed by atoms with Gasteiger partial charge in [0.25, 0.3) is 5.91 Å². The van der Waals surface area contributed by atoms with Gasteiger partial charge in [0, 0.05) is 37.6 Å². The highest BCUT2D eigenvalue weighted by atomic mass is 16.2. The van der Waals surface area contributed by atoms with Gasteiger partial charge < -0.3 is 15.1 Å². The van der Waals surface area contributed by atoms with Crippen LogP contribution in [0.4, 0.5) is 17.1 Å². The van der Waals surface area contributed by atoms with Crippen molar-refractivity contribution in [3.63, 3.8) is 0 Å². The van der Waals surface area contributed by atoms with E-state index in [1.165, 1.54) is 18.5 Å². The highest BCUT2D eigenvalue weighted by Crippen LogP contribution is 2.25. The Hall–Kier alpha value is -2.56. The first-order valence-electron chi connectivity index (χ1n) is 9.98. The molecule has 144 valence electrons. The van der Waals surface area contributed by atoms with E-state index in [0.29, 0.717) is 18.8 Å². The second kappa shape index (κ2) is 8.89. The summed E-state index contributed by atoms with van der Waals surface area (Å²) in [5.74, 6) is 0.818. The Balaban J connectivity index is 1.61. The quantitative estimate of drug-likeness (QED) is 0.815. The summed E-state index contributed by atoms with van der Waals surface area (Å²) in [7, 11) is 0. The minimum absolute atomic E-state index is 0.0215. The summed E-state index contributed by atoms with van der Waals surface area (Å²) in [6, 6.07) is 12.2. The van der Waals surface area contributed by atoms with Crippen LogP contribution in [0.1, 0.15) is 44.1 Å². The Morgan fingerprint density at radius 2 is 1.70 bits per heavy atom. The monoisotopic (exact) mass is 366 g/mol. The van der Waals surface area contributed by atoms with Crippen LogP contribution in [-0.2, 0) is 0 Å². The zero-order valence-electron chi connectivity index (χ0n) is 16.6. The Morgan fingerprint density at radius 1 is 1.07 bits per heavy atom. The van der Waals surface area contributed by atoms with Gasteiger partial charge in [-0.15, -0.1) is 0 Å². The smallest absolute Gasteiger partial charge is 0.272 e. The van der Waals surface area contributed by atoms with E-state index in [0.717, 1.165) is 30.4 Å². The maximum Gasteiger partial charge on any atom is 0.272 e. The number of hydrogen-bond donors (Lipinski definition) is 1. The van der Waals surface area contributed by atoms with Crippen LogP contribution in [0.5, 0.6) is 0 Å². The summed E-state index contributed by atoms with van der Waals surface area (Å²) < 4.78 is 0. The van der Waals surface area contributed by atoms with Crippen molar-refractivity contribution in [2.45, 2.75) is 33.6 Å². The molecule has 3 rings (SSSR count). The highest BCUT2D eigenvalue weighted by Gasteiger charge is 2.16. The maximum atomic E-state index is 12.3. The molecule has 0 bridgehead atoms. The normalized spacial score (nSPS) is 14.9.